The molecule has 6 heterocycles. The van der Waals surface area contributed by atoms with Crippen LogP contribution in [0, 0.1) is 29.1 Å². The molecule has 0 amide bonds. The van der Waals surface area contributed by atoms with E-state index < -0.39 is 70.1 Å². The fraction of sp³-hybridized carbons (Fsp3) is 0.519. The van der Waals surface area contributed by atoms with Gasteiger partial charge in [-0.1, -0.05) is 18.4 Å². The number of ketones is 2. The molecule has 14 nitrogen and oxygen atoms in total. The van der Waals surface area contributed by atoms with E-state index in [0.29, 0.717) is 71.1 Å². The average Bonchev–Trinajstić information content (AvgIpc) is 4.08. The molecule has 4 aromatic rings. The summed E-state index contributed by atoms with van der Waals surface area (Å²) in [7, 11) is 0. The molecule has 8 bridgehead atoms. The number of benzene rings is 2. The van der Waals surface area contributed by atoms with E-state index >= 15 is 4.79 Å². The van der Waals surface area contributed by atoms with Crippen LogP contribution in [0.25, 0.3) is 16.3 Å². The number of rotatable bonds is 2. The molecule has 0 unspecified atom stereocenters. The molecule has 2 aromatic heterocycles. The van der Waals surface area contributed by atoms with Crippen molar-refractivity contribution in [2.45, 2.75) is 145 Å². The number of pyridine rings is 1. The quantitative estimate of drug-likeness (QED) is 0.102. The van der Waals surface area contributed by atoms with Gasteiger partial charge in [-0.15, -0.1) is 0 Å². The Morgan fingerprint density at radius 1 is 0.912 bits per heavy atom. The third-order valence-corrected chi connectivity index (χ3v) is 19.4. The highest BCUT2D eigenvalue weighted by molar-refractivity contribution is 6.34. The molecule has 4 fully saturated rings. The maximum absolute atomic E-state index is 15.1. The molecule has 4 aliphatic heterocycles. The van der Waals surface area contributed by atoms with Crippen molar-refractivity contribution < 1.29 is 54.5 Å². The number of aldehydes is 1. The zero-order chi connectivity index (χ0) is 46.6. The van der Waals surface area contributed by atoms with Crippen LogP contribution in [0.15, 0.2) is 47.7 Å². The van der Waals surface area contributed by atoms with Crippen LogP contribution in [0.5, 0.6) is 11.5 Å². The Hall–Kier alpha value is -5.22. The summed E-state index contributed by atoms with van der Waals surface area (Å²) in [6.45, 7) is 1.71. The van der Waals surface area contributed by atoms with Crippen molar-refractivity contribution in [3.05, 3.63) is 98.0 Å². The number of hydrogen-bond acceptors (Lipinski definition) is 13. The minimum Gasteiger partial charge on any atom is -0.507 e. The van der Waals surface area contributed by atoms with Gasteiger partial charge >= 0.3 is 0 Å². The van der Waals surface area contributed by atoms with E-state index in [-0.39, 0.29) is 58.2 Å². The lowest BCUT2D eigenvalue weighted by Crippen LogP contribution is -2.78. The number of nitrogens with zero attached hydrogens (tertiary/aromatic N) is 1. The first-order valence-electron chi connectivity index (χ1n) is 24.8. The zero-order valence-corrected chi connectivity index (χ0v) is 37.9. The highest BCUT2D eigenvalue weighted by atomic mass is 16.7. The molecule has 7 aliphatic carbocycles. The number of anilines is 1. The Morgan fingerprint density at radius 3 is 2.54 bits per heavy atom. The van der Waals surface area contributed by atoms with E-state index in [2.05, 4.69) is 10.3 Å². The highest BCUT2D eigenvalue weighted by Gasteiger charge is 2.76. The number of aromatic amines is 1. The minimum atomic E-state index is -2.45. The number of carbonyl (C=O) groups is 3. The van der Waals surface area contributed by atoms with E-state index in [1.807, 2.05) is 0 Å². The number of carbonyl (C=O) groups excluding carboxylic acids is 3. The number of phenols is 1. The first kappa shape index (κ1) is 41.7. The molecule has 352 valence electrons. The number of nitrogens with one attached hydrogen (secondary N) is 2. The number of fused-ring (bicyclic) bond motifs is 5. The maximum atomic E-state index is 15.1. The van der Waals surface area contributed by atoms with Crippen LogP contribution in [0.4, 0.5) is 5.82 Å². The number of aliphatic hydroxyl groups is 5. The number of aromatic hydroxyl groups is 1. The number of aryl methyl sites for hydroxylation is 1. The van der Waals surface area contributed by atoms with Gasteiger partial charge in [-0.2, -0.15) is 0 Å². The summed E-state index contributed by atoms with van der Waals surface area (Å²) < 4.78 is 14.6. The Labute approximate surface area is 391 Å². The van der Waals surface area contributed by atoms with Crippen molar-refractivity contribution in [1.29, 1.82) is 0 Å². The lowest BCUT2D eigenvalue weighted by atomic mass is 9.50. The molecular weight excluding hydrogens is 867 g/mol. The molecule has 68 heavy (non-hydrogen) atoms. The summed E-state index contributed by atoms with van der Waals surface area (Å²) >= 11 is 0. The molecule has 15 rings (SSSR count). The van der Waals surface area contributed by atoms with Gasteiger partial charge in [0.1, 0.15) is 35.8 Å². The number of aromatic nitrogens is 2. The third kappa shape index (κ3) is 4.84. The van der Waals surface area contributed by atoms with Gasteiger partial charge < -0.3 is 55.2 Å². The summed E-state index contributed by atoms with van der Waals surface area (Å²) in [5.74, 6) is -4.21. The SMILES string of the molecule is Cc1cc(O)c2c(c1)C(=O)c1c(c3cc4c(nccc14)NC[C@@H](O)[C@@]14CC[C@H]5CCCc6c(CC=O)[nH]c(c6[C@@H]51)C1=C[C@@]5(O3)O[C@@]3(C1=C4C[C@@]1(CCC4(CCCC4)C1)[C@H]3O)[C@@H](O)[C@H](O)[C@H]5O)C2=O. The van der Waals surface area contributed by atoms with Gasteiger partial charge in [0.25, 0.3) is 5.79 Å². The average molecular weight is 922 g/mol. The second kappa shape index (κ2) is 13.6. The van der Waals surface area contributed by atoms with E-state index in [4.69, 9.17) is 14.5 Å². The second-order valence-corrected chi connectivity index (χ2v) is 22.4. The van der Waals surface area contributed by atoms with Crippen LogP contribution in [-0.4, -0.2) is 107 Å². The summed E-state index contributed by atoms with van der Waals surface area (Å²) in [5, 5.41) is 81.3. The van der Waals surface area contributed by atoms with E-state index in [1.54, 1.807) is 31.3 Å². The lowest BCUT2D eigenvalue weighted by Gasteiger charge is -2.64. The van der Waals surface area contributed by atoms with Crippen LogP contribution in [-0.2, 0) is 22.4 Å². The molecule has 5 spiro atoms. The molecule has 3 saturated carbocycles. The number of aliphatic hydroxyl groups excluding tert-OH is 5. The third-order valence-electron chi connectivity index (χ3n) is 19.4. The topological polar surface area (TPSA) is 232 Å². The Bertz CT molecular complexity index is 3070. The predicted octanol–water partition coefficient (Wildman–Crippen LogP) is 5.53. The zero-order valence-electron chi connectivity index (χ0n) is 37.9. The summed E-state index contributed by atoms with van der Waals surface area (Å²) in [6.07, 6.45) is 6.08. The fourth-order valence-corrected chi connectivity index (χ4v) is 16.8. The van der Waals surface area contributed by atoms with Crippen LogP contribution < -0.4 is 10.1 Å². The van der Waals surface area contributed by atoms with Crippen LogP contribution in [0.1, 0.15) is 143 Å². The van der Waals surface area contributed by atoms with Crippen molar-refractivity contribution >= 4 is 40.0 Å². The molecule has 2 aromatic carbocycles. The van der Waals surface area contributed by atoms with E-state index in [9.17, 15) is 40.2 Å². The van der Waals surface area contributed by atoms with Gasteiger partial charge in [0.2, 0.25) is 5.78 Å². The second-order valence-electron chi connectivity index (χ2n) is 22.4. The van der Waals surface area contributed by atoms with Crippen LogP contribution in [0.2, 0.25) is 0 Å². The number of phenolic OH excluding ortho intramolecular Hbond substituents is 1. The predicted molar refractivity (Wildman–Crippen MR) is 245 cm³/mol. The number of H-pyrrole nitrogens is 1. The summed E-state index contributed by atoms with van der Waals surface area (Å²) in [6, 6.07) is 6.14. The molecule has 11 atom stereocenters. The Kier molecular flexibility index (Phi) is 8.31. The molecule has 0 radical (unpaired) electrons. The van der Waals surface area contributed by atoms with E-state index in [0.717, 1.165) is 80.0 Å². The van der Waals surface area contributed by atoms with Gasteiger partial charge in [-0.05, 0) is 147 Å². The molecule has 14 heteroatoms. The van der Waals surface area contributed by atoms with Gasteiger partial charge in [-0.3, -0.25) is 9.59 Å². The van der Waals surface area contributed by atoms with Crippen LogP contribution in [0.3, 0.4) is 0 Å². The summed E-state index contributed by atoms with van der Waals surface area (Å²) in [4.78, 5) is 51.1. The highest BCUT2D eigenvalue weighted by Crippen LogP contribution is 2.75. The molecule has 11 aliphatic rings. The van der Waals surface area contributed by atoms with Gasteiger partial charge in [0, 0.05) is 69.4 Å². The van der Waals surface area contributed by atoms with Crippen molar-refractivity contribution in [2.24, 2.45) is 22.2 Å². The van der Waals surface area contributed by atoms with Gasteiger partial charge in [-0.25, -0.2) is 4.98 Å². The van der Waals surface area contributed by atoms with Crippen molar-refractivity contribution in [1.82, 2.24) is 9.97 Å². The van der Waals surface area contributed by atoms with Crippen molar-refractivity contribution in [3.63, 3.8) is 0 Å². The molecular formula is C54H55N3O11. The monoisotopic (exact) mass is 921 g/mol. The standard InChI is InChI=1S/C54H55N3O11/c1-24-17-29-36(33(59)18-24)44(62)39-34-19-28-26(37(39)43(29)61)8-15-55-48(28)56-22-35(60)52-12-7-25-5-4-6-27-32(9-16-58)57-42(38(27)40(25)52)30-20-53(67-34)46(64)45(63)47(65)54(68-53)41(30)31(52)21-51(49(54)66)14-13-50(23-51)10-2-3-11-50/h8,15-20,25,35,40,45-47,49,57,59-60,63-66H,2-7,9-14,21-23H2,1H3,(H,55,56)/t25-,35-,40-,45-,46-,47+,49-,51-,52+,53-,54+/m1/s1. The first-order chi connectivity index (χ1) is 32.7. The number of hydrogen-bond donors (Lipinski definition) is 8. The van der Waals surface area contributed by atoms with Crippen molar-refractivity contribution in [3.8, 4) is 11.5 Å². The Morgan fingerprint density at radius 2 is 1.74 bits per heavy atom. The largest absolute Gasteiger partial charge is 0.507 e. The fourth-order valence-electron chi connectivity index (χ4n) is 16.8. The van der Waals surface area contributed by atoms with E-state index in [1.165, 1.54) is 12.1 Å². The van der Waals surface area contributed by atoms with Gasteiger partial charge in [0.15, 0.2) is 17.5 Å². The maximum Gasteiger partial charge on any atom is 0.261 e. The Balaban J connectivity index is 1.13. The smallest absolute Gasteiger partial charge is 0.261 e. The normalized spacial score (nSPS) is 37.7. The van der Waals surface area contributed by atoms with Crippen molar-refractivity contribution in [2.75, 3.05) is 11.9 Å². The first-order valence-corrected chi connectivity index (χ1v) is 24.8. The van der Waals surface area contributed by atoms with Gasteiger partial charge in [0.05, 0.1) is 23.3 Å². The summed E-state index contributed by atoms with van der Waals surface area (Å²) in [5.41, 5.74) is 1.11. The molecule has 1 saturated heterocycles. The number of ether oxygens (including phenoxy) is 2. The lowest BCUT2D eigenvalue weighted by molar-refractivity contribution is -0.366. The molecule has 8 N–H and O–H groups in total. The van der Waals surface area contributed by atoms with Crippen LogP contribution >= 0.6 is 0 Å². The minimum absolute atomic E-state index is 0.00131.